The van der Waals surface area contributed by atoms with Crippen LogP contribution in [0.15, 0.2) is 40.8 Å². The fourth-order valence-electron chi connectivity index (χ4n) is 2.34. The molecule has 23 heavy (non-hydrogen) atoms. The number of thiophene rings is 1. The van der Waals surface area contributed by atoms with Crippen molar-refractivity contribution >= 4 is 41.0 Å². The molecular weight excluding hydrogens is 310 g/mol. The summed E-state index contributed by atoms with van der Waals surface area (Å²) in [5, 5.41) is 15.2. The number of imidazole rings is 1. The second-order valence-electron chi connectivity index (χ2n) is 4.99. The number of nitrogens with zero attached hydrogens (tertiary/aromatic N) is 3. The van der Waals surface area contributed by atoms with Gasteiger partial charge in [-0.2, -0.15) is 4.98 Å². The maximum Gasteiger partial charge on any atom is 0.238 e. The summed E-state index contributed by atoms with van der Waals surface area (Å²) >= 11 is 1.67. The molecule has 7 heteroatoms. The van der Waals surface area contributed by atoms with Gasteiger partial charge in [0.05, 0.1) is 6.54 Å². The molecule has 3 N–H and O–H groups in total. The number of hydrogen-bond donors (Lipinski definition) is 3. The first-order valence-corrected chi connectivity index (χ1v) is 7.94. The monoisotopic (exact) mass is 323 g/mol. The maximum atomic E-state index is 10.0. The Morgan fingerprint density at radius 3 is 3.13 bits per heavy atom. The Balaban J connectivity index is 1.56. The van der Waals surface area contributed by atoms with E-state index < -0.39 is 0 Å². The normalized spacial score (nSPS) is 14.3. The molecule has 0 aliphatic carbocycles. The molecule has 6 nitrogen and oxygen atoms in total. The number of aliphatic imine (C=N–C) groups is 1. The topological polar surface area (TPSA) is 86.2 Å². The summed E-state index contributed by atoms with van der Waals surface area (Å²) in [5.74, 6) is 1.18. The average Bonchev–Trinajstić information content (AvgIpc) is 3.28. The van der Waals surface area contributed by atoms with Gasteiger partial charge in [0.1, 0.15) is 5.69 Å². The third-order valence-corrected chi connectivity index (χ3v) is 4.32. The first-order valence-electron chi connectivity index (χ1n) is 7.06. The van der Waals surface area contributed by atoms with E-state index in [4.69, 9.17) is 0 Å². The molecule has 0 atom stereocenters. The third-order valence-electron chi connectivity index (χ3n) is 3.45. The lowest BCUT2D eigenvalue weighted by Gasteiger charge is -1.99. The zero-order valence-electron chi connectivity index (χ0n) is 12.0. The van der Waals surface area contributed by atoms with Gasteiger partial charge in [0.15, 0.2) is 5.82 Å². The van der Waals surface area contributed by atoms with Crippen LogP contribution < -0.4 is 5.32 Å². The standard InChI is InChI=1S/C16H13N5OS/c22-15-13(7-10-8-18-14-12(10)4-1-5-17-14)20-16(21-15)19-9-11-3-2-6-23-11/h1-8,22H,9H2,(H2,19,20,21)/b10-7+. The second kappa shape index (κ2) is 5.69. The highest BCUT2D eigenvalue weighted by molar-refractivity contribution is 7.09. The van der Waals surface area contributed by atoms with E-state index in [1.54, 1.807) is 23.7 Å². The summed E-state index contributed by atoms with van der Waals surface area (Å²) in [5.41, 5.74) is 2.36. The van der Waals surface area contributed by atoms with Crippen molar-refractivity contribution in [3.8, 4) is 5.88 Å². The molecule has 0 bridgehead atoms. The van der Waals surface area contributed by atoms with Gasteiger partial charge in [0.25, 0.3) is 0 Å². The van der Waals surface area contributed by atoms with Crippen LogP contribution in [0.2, 0.25) is 0 Å². The largest absolute Gasteiger partial charge is 0.492 e. The van der Waals surface area contributed by atoms with Crippen molar-refractivity contribution in [2.75, 3.05) is 5.32 Å². The summed E-state index contributed by atoms with van der Waals surface area (Å²) < 4.78 is 0. The molecule has 1 aliphatic heterocycles. The van der Waals surface area contributed by atoms with E-state index in [0.29, 0.717) is 24.0 Å². The summed E-state index contributed by atoms with van der Waals surface area (Å²) in [4.78, 5) is 16.8. The molecule has 0 saturated carbocycles. The van der Waals surface area contributed by atoms with Gasteiger partial charge in [-0.3, -0.25) is 0 Å². The highest BCUT2D eigenvalue weighted by Gasteiger charge is 2.14. The Labute approximate surface area is 136 Å². The zero-order chi connectivity index (χ0) is 15.6. The van der Waals surface area contributed by atoms with E-state index in [2.05, 4.69) is 25.3 Å². The van der Waals surface area contributed by atoms with Crippen molar-refractivity contribution in [1.29, 1.82) is 0 Å². The molecule has 4 heterocycles. The van der Waals surface area contributed by atoms with Gasteiger partial charge in [-0.25, -0.2) is 9.98 Å². The summed E-state index contributed by atoms with van der Waals surface area (Å²) in [7, 11) is 0. The summed E-state index contributed by atoms with van der Waals surface area (Å²) in [6.45, 7) is 0.662. The quantitative estimate of drug-likeness (QED) is 0.686. The molecule has 1 aliphatic rings. The van der Waals surface area contributed by atoms with Crippen molar-refractivity contribution in [2.45, 2.75) is 6.54 Å². The number of aromatic nitrogens is 3. The van der Waals surface area contributed by atoms with Gasteiger partial charge in [-0.1, -0.05) is 6.07 Å². The van der Waals surface area contributed by atoms with Crippen molar-refractivity contribution in [3.63, 3.8) is 0 Å². The van der Waals surface area contributed by atoms with Crippen LogP contribution in [0.5, 0.6) is 5.88 Å². The van der Waals surface area contributed by atoms with Crippen molar-refractivity contribution in [3.05, 3.63) is 52.0 Å². The predicted molar refractivity (Wildman–Crippen MR) is 92.2 cm³/mol. The van der Waals surface area contributed by atoms with Gasteiger partial charge in [0.2, 0.25) is 11.8 Å². The van der Waals surface area contributed by atoms with Gasteiger partial charge < -0.3 is 15.4 Å². The molecule has 3 aromatic rings. The number of aromatic amines is 1. The summed E-state index contributed by atoms with van der Waals surface area (Å²) in [6.07, 6.45) is 5.26. The van der Waals surface area contributed by atoms with Crippen molar-refractivity contribution < 1.29 is 5.11 Å². The van der Waals surface area contributed by atoms with E-state index in [1.807, 2.05) is 35.7 Å². The Morgan fingerprint density at radius 1 is 1.30 bits per heavy atom. The fraction of sp³-hybridized carbons (Fsp3) is 0.0625. The molecule has 0 radical (unpaired) electrons. The Bertz CT molecular complexity index is 895. The minimum absolute atomic E-state index is 0.0445. The Hall–Kier alpha value is -2.93. The smallest absolute Gasteiger partial charge is 0.238 e. The Morgan fingerprint density at radius 2 is 2.26 bits per heavy atom. The third kappa shape index (κ3) is 2.74. The highest BCUT2D eigenvalue weighted by atomic mass is 32.1. The number of allylic oxidation sites excluding steroid dienone is 1. The average molecular weight is 323 g/mol. The number of anilines is 1. The molecule has 4 rings (SSSR count). The summed E-state index contributed by atoms with van der Waals surface area (Å²) in [6, 6.07) is 7.86. The first-order chi connectivity index (χ1) is 11.3. The lowest BCUT2D eigenvalue weighted by atomic mass is 10.1. The fourth-order valence-corrected chi connectivity index (χ4v) is 2.99. The number of pyridine rings is 1. The maximum absolute atomic E-state index is 10.0. The predicted octanol–water partition coefficient (Wildman–Crippen LogP) is 3.44. The SMILES string of the molecule is Oc1nc(NCc2cccs2)[nH]c1/C=C1\C=Nc2ncccc21. The van der Waals surface area contributed by atoms with Crippen LogP contribution in [0.25, 0.3) is 11.6 Å². The minimum atomic E-state index is -0.0445. The van der Waals surface area contributed by atoms with E-state index >= 15 is 0 Å². The van der Waals surface area contributed by atoms with Crippen LogP contribution in [0, 0.1) is 0 Å². The molecule has 3 aromatic heterocycles. The number of fused-ring (bicyclic) bond motifs is 1. The van der Waals surface area contributed by atoms with E-state index in [1.165, 1.54) is 4.88 Å². The van der Waals surface area contributed by atoms with Gasteiger partial charge in [-0.05, 0) is 29.7 Å². The van der Waals surface area contributed by atoms with Gasteiger partial charge in [0, 0.05) is 28.4 Å². The number of hydrogen-bond acceptors (Lipinski definition) is 6. The molecule has 0 unspecified atom stereocenters. The van der Waals surface area contributed by atoms with Crippen molar-refractivity contribution in [1.82, 2.24) is 15.0 Å². The number of aromatic hydroxyl groups is 1. The molecule has 0 fully saturated rings. The molecule has 0 aromatic carbocycles. The lowest BCUT2D eigenvalue weighted by Crippen LogP contribution is -1.98. The highest BCUT2D eigenvalue weighted by Crippen LogP contribution is 2.31. The van der Waals surface area contributed by atoms with Crippen LogP contribution in [-0.2, 0) is 6.54 Å². The number of H-pyrrole nitrogens is 1. The van der Waals surface area contributed by atoms with Crippen LogP contribution >= 0.6 is 11.3 Å². The van der Waals surface area contributed by atoms with E-state index in [9.17, 15) is 5.11 Å². The van der Waals surface area contributed by atoms with Gasteiger partial charge >= 0.3 is 0 Å². The van der Waals surface area contributed by atoms with Crippen molar-refractivity contribution in [2.24, 2.45) is 4.99 Å². The molecule has 0 amide bonds. The zero-order valence-corrected chi connectivity index (χ0v) is 12.8. The first kappa shape index (κ1) is 13.7. The van der Waals surface area contributed by atoms with Crippen LogP contribution in [0.3, 0.4) is 0 Å². The molecular formula is C16H13N5OS. The Kier molecular flexibility index (Phi) is 3.39. The molecule has 0 saturated heterocycles. The molecule has 114 valence electrons. The van der Waals surface area contributed by atoms with Crippen LogP contribution in [0.4, 0.5) is 11.8 Å². The van der Waals surface area contributed by atoms with Crippen LogP contribution in [0.1, 0.15) is 16.1 Å². The number of rotatable bonds is 4. The number of nitrogens with one attached hydrogen (secondary N) is 2. The lowest BCUT2D eigenvalue weighted by molar-refractivity contribution is 0.455. The molecule has 0 spiro atoms. The van der Waals surface area contributed by atoms with Crippen LogP contribution in [-0.4, -0.2) is 26.3 Å². The second-order valence-corrected chi connectivity index (χ2v) is 6.02. The van der Waals surface area contributed by atoms with Gasteiger partial charge in [-0.15, -0.1) is 11.3 Å². The minimum Gasteiger partial charge on any atom is -0.492 e. The van der Waals surface area contributed by atoms with E-state index in [-0.39, 0.29) is 5.88 Å². The van der Waals surface area contributed by atoms with E-state index in [0.717, 1.165) is 11.1 Å².